The monoisotopic (exact) mass is 397 g/mol. The Labute approximate surface area is 171 Å². The molecule has 0 bridgehead atoms. The van der Waals surface area contributed by atoms with Gasteiger partial charge in [0.15, 0.2) is 23.0 Å². The first-order chi connectivity index (χ1) is 14.2. The maximum absolute atomic E-state index is 12.1. The van der Waals surface area contributed by atoms with Crippen LogP contribution in [0.2, 0.25) is 0 Å². The van der Waals surface area contributed by atoms with Crippen LogP contribution >= 0.6 is 0 Å². The Morgan fingerprint density at radius 1 is 1.00 bits per heavy atom. The van der Waals surface area contributed by atoms with Crippen LogP contribution in [0.1, 0.15) is 25.0 Å². The Balaban J connectivity index is 1.50. The van der Waals surface area contributed by atoms with E-state index in [-0.39, 0.29) is 5.91 Å². The van der Waals surface area contributed by atoms with E-state index in [1.54, 1.807) is 6.08 Å². The topological polar surface area (TPSA) is 66.0 Å². The van der Waals surface area contributed by atoms with Crippen molar-refractivity contribution in [3.8, 4) is 23.0 Å². The zero-order chi connectivity index (χ0) is 20.5. The van der Waals surface area contributed by atoms with Crippen molar-refractivity contribution in [2.45, 2.75) is 20.3 Å². The summed E-state index contributed by atoms with van der Waals surface area (Å²) in [6, 6.07) is 11.5. The summed E-state index contributed by atoms with van der Waals surface area (Å²) in [4.78, 5) is 12.1. The molecule has 0 unspecified atom stereocenters. The van der Waals surface area contributed by atoms with E-state index in [0.717, 1.165) is 28.4 Å². The molecule has 1 N–H and O–H groups in total. The van der Waals surface area contributed by atoms with Crippen LogP contribution in [0.25, 0.3) is 6.08 Å². The summed E-state index contributed by atoms with van der Waals surface area (Å²) in [5.74, 6) is 2.77. The van der Waals surface area contributed by atoms with Crippen LogP contribution in [0, 0.1) is 0 Å². The molecule has 29 heavy (non-hydrogen) atoms. The van der Waals surface area contributed by atoms with Crippen molar-refractivity contribution in [3.63, 3.8) is 0 Å². The van der Waals surface area contributed by atoms with Gasteiger partial charge >= 0.3 is 0 Å². The van der Waals surface area contributed by atoms with Gasteiger partial charge in [0, 0.05) is 12.6 Å². The van der Waals surface area contributed by atoms with Crippen LogP contribution in [0.3, 0.4) is 0 Å². The quantitative estimate of drug-likeness (QED) is 0.655. The molecule has 0 saturated carbocycles. The average molecular weight is 397 g/mol. The van der Waals surface area contributed by atoms with Gasteiger partial charge < -0.3 is 24.3 Å². The number of carbonyl (C=O) groups is 1. The largest absolute Gasteiger partial charge is 0.490 e. The Bertz CT molecular complexity index is 862. The average Bonchev–Trinajstić information content (AvgIpc) is 2.74. The first-order valence-corrected chi connectivity index (χ1v) is 9.93. The fourth-order valence-electron chi connectivity index (χ4n) is 2.98. The number of amides is 1. The molecule has 0 aromatic heterocycles. The highest BCUT2D eigenvalue weighted by Gasteiger charge is 2.11. The molecule has 154 valence electrons. The maximum atomic E-state index is 12.1. The van der Waals surface area contributed by atoms with Crippen LogP contribution in [-0.2, 0) is 11.2 Å². The van der Waals surface area contributed by atoms with Gasteiger partial charge in [0.1, 0.15) is 13.2 Å². The van der Waals surface area contributed by atoms with Gasteiger partial charge in [-0.05, 0) is 61.7 Å². The molecule has 6 heteroatoms. The summed E-state index contributed by atoms with van der Waals surface area (Å²) in [6.45, 7) is 6.68. The van der Waals surface area contributed by atoms with Gasteiger partial charge in [-0.15, -0.1) is 0 Å². The fourth-order valence-corrected chi connectivity index (χ4v) is 2.98. The maximum Gasteiger partial charge on any atom is 0.244 e. The molecule has 0 fully saturated rings. The van der Waals surface area contributed by atoms with Crippen LogP contribution in [0.5, 0.6) is 23.0 Å². The summed E-state index contributed by atoms with van der Waals surface area (Å²) >= 11 is 0. The predicted molar refractivity (Wildman–Crippen MR) is 112 cm³/mol. The molecule has 0 aliphatic carbocycles. The minimum Gasteiger partial charge on any atom is -0.490 e. The third-order valence-corrected chi connectivity index (χ3v) is 4.31. The van der Waals surface area contributed by atoms with E-state index in [1.807, 2.05) is 50.2 Å². The van der Waals surface area contributed by atoms with E-state index in [4.69, 9.17) is 18.9 Å². The summed E-state index contributed by atoms with van der Waals surface area (Å²) in [5.41, 5.74) is 1.96. The number of nitrogens with one attached hydrogen (secondary N) is 1. The first kappa shape index (κ1) is 20.6. The van der Waals surface area contributed by atoms with Gasteiger partial charge in [-0.1, -0.05) is 12.1 Å². The van der Waals surface area contributed by atoms with Crippen LogP contribution in [0.4, 0.5) is 0 Å². The van der Waals surface area contributed by atoms with Gasteiger partial charge in [0.25, 0.3) is 0 Å². The molecule has 1 aliphatic heterocycles. The summed E-state index contributed by atoms with van der Waals surface area (Å²) in [5, 5.41) is 2.90. The summed E-state index contributed by atoms with van der Waals surface area (Å²) in [6.07, 6.45) is 3.99. The summed E-state index contributed by atoms with van der Waals surface area (Å²) in [7, 11) is 0. The second kappa shape index (κ2) is 10.4. The minimum atomic E-state index is -0.143. The molecule has 1 amide bonds. The van der Waals surface area contributed by atoms with Crippen LogP contribution in [-0.4, -0.2) is 38.9 Å². The number of rotatable bonds is 9. The van der Waals surface area contributed by atoms with Gasteiger partial charge in [-0.3, -0.25) is 4.79 Å². The van der Waals surface area contributed by atoms with Crippen molar-refractivity contribution in [3.05, 3.63) is 53.6 Å². The summed E-state index contributed by atoms with van der Waals surface area (Å²) < 4.78 is 22.3. The molecule has 1 heterocycles. The molecule has 1 aliphatic rings. The van der Waals surface area contributed by atoms with Crippen molar-refractivity contribution in [2.24, 2.45) is 0 Å². The first-order valence-electron chi connectivity index (χ1n) is 9.93. The number of hydrogen-bond acceptors (Lipinski definition) is 5. The van der Waals surface area contributed by atoms with E-state index in [9.17, 15) is 4.79 Å². The molecular weight excluding hydrogens is 370 g/mol. The number of benzene rings is 2. The standard InChI is InChI=1S/C23H27NO5/c1-3-26-19-8-6-18(16-21(19)27-4-2)11-12-24-23(25)10-7-17-5-9-20-22(15-17)29-14-13-28-20/h5-10,15-16H,3-4,11-14H2,1-2H3,(H,24,25)/b10-7+. The second-order valence-corrected chi connectivity index (χ2v) is 6.42. The number of carbonyl (C=O) groups excluding carboxylic acids is 1. The Kier molecular flexibility index (Phi) is 7.39. The lowest BCUT2D eigenvalue weighted by molar-refractivity contribution is -0.116. The Morgan fingerprint density at radius 3 is 2.55 bits per heavy atom. The van der Waals surface area contributed by atoms with Crippen molar-refractivity contribution in [2.75, 3.05) is 33.0 Å². The SMILES string of the molecule is CCOc1ccc(CCNC(=O)/C=C/c2ccc3c(c2)OCCO3)cc1OCC. The van der Waals surface area contributed by atoms with Crippen molar-refractivity contribution < 1.29 is 23.7 Å². The lowest BCUT2D eigenvalue weighted by Gasteiger charge is -2.18. The smallest absolute Gasteiger partial charge is 0.244 e. The molecule has 0 atom stereocenters. The van der Waals surface area contributed by atoms with E-state index < -0.39 is 0 Å². The second-order valence-electron chi connectivity index (χ2n) is 6.42. The predicted octanol–water partition coefficient (Wildman–Crippen LogP) is 3.63. The Hall–Kier alpha value is -3.15. The highest BCUT2D eigenvalue weighted by atomic mass is 16.6. The highest BCUT2D eigenvalue weighted by molar-refractivity contribution is 5.91. The van der Waals surface area contributed by atoms with Crippen molar-refractivity contribution in [1.29, 1.82) is 0 Å². The number of hydrogen-bond donors (Lipinski definition) is 1. The van der Waals surface area contributed by atoms with Gasteiger partial charge in [-0.25, -0.2) is 0 Å². The Morgan fingerprint density at radius 2 is 1.76 bits per heavy atom. The highest BCUT2D eigenvalue weighted by Crippen LogP contribution is 2.31. The lowest BCUT2D eigenvalue weighted by Crippen LogP contribution is -2.23. The van der Waals surface area contributed by atoms with Crippen LogP contribution < -0.4 is 24.3 Å². The lowest BCUT2D eigenvalue weighted by atomic mass is 10.1. The molecule has 3 rings (SSSR count). The van der Waals surface area contributed by atoms with Crippen molar-refractivity contribution >= 4 is 12.0 Å². The normalized spacial score (nSPS) is 12.6. The number of fused-ring (bicyclic) bond motifs is 1. The fraction of sp³-hybridized carbons (Fsp3) is 0.348. The van der Waals surface area contributed by atoms with Gasteiger partial charge in [-0.2, -0.15) is 0 Å². The molecule has 2 aromatic rings. The number of ether oxygens (including phenoxy) is 4. The zero-order valence-electron chi connectivity index (χ0n) is 16.9. The molecule has 6 nitrogen and oxygen atoms in total. The van der Waals surface area contributed by atoms with Gasteiger partial charge in [0.05, 0.1) is 13.2 Å². The molecule has 0 spiro atoms. The molecule has 0 saturated heterocycles. The van der Waals surface area contributed by atoms with Gasteiger partial charge in [0.2, 0.25) is 5.91 Å². The third-order valence-electron chi connectivity index (χ3n) is 4.31. The van der Waals surface area contributed by atoms with Crippen molar-refractivity contribution in [1.82, 2.24) is 5.32 Å². The van der Waals surface area contributed by atoms with E-state index in [2.05, 4.69) is 5.32 Å². The van der Waals surface area contributed by atoms with E-state index in [0.29, 0.717) is 45.1 Å². The zero-order valence-corrected chi connectivity index (χ0v) is 16.9. The molecular formula is C23H27NO5. The van der Waals surface area contributed by atoms with E-state index >= 15 is 0 Å². The molecule has 0 radical (unpaired) electrons. The third kappa shape index (κ3) is 5.91. The minimum absolute atomic E-state index is 0.143. The van der Waals surface area contributed by atoms with E-state index in [1.165, 1.54) is 6.08 Å². The van der Waals surface area contributed by atoms with Crippen LogP contribution in [0.15, 0.2) is 42.5 Å². The molecule has 2 aromatic carbocycles.